The van der Waals surface area contributed by atoms with Crippen LogP contribution in [0, 0.1) is 6.92 Å². The van der Waals surface area contributed by atoms with Crippen LogP contribution in [0.5, 0.6) is 0 Å². The SMILES string of the molecule is CCOC(=O)c1sc2ncnc(NN)c2c1C. The molecule has 0 saturated carbocycles. The second kappa shape index (κ2) is 4.64. The lowest BCUT2D eigenvalue weighted by Crippen LogP contribution is -2.09. The number of nitrogens with two attached hydrogens (primary N) is 1. The van der Waals surface area contributed by atoms with E-state index in [0.717, 1.165) is 10.9 Å². The van der Waals surface area contributed by atoms with Gasteiger partial charge >= 0.3 is 5.97 Å². The molecular weight excluding hydrogens is 240 g/mol. The Morgan fingerprint density at radius 1 is 1.59 bits per heavy atom. The summed E-state index contributed by atoms with van der Waals surface area (Å²) >= 11 is 1.28. The number of aryl methyl sites for hydroxylation is 1. The number of hydrogen-bond donors (Lipinski definition) is 2. The highest BCUT2D eigenvalue weighted by atomic mass is 32.1. The Hall–Kier alpha value is -1.73. The van der Waals surface area contributed by atoms with Gasteiger partial charge in [0.15, 0.2) is 5.82 Å². The van der Waals surface area contributed by atoms with E-state index in [1.54, 1.807) is 6.92 Å². The monoisotopic (exact) mass is 252 g/mol. The minimum absolute atomic E-state index is 0.337. The Morgan fingerprint density at radius 3 is 3.00 bits per heavy atom. The van der Waals surface area contributed by atoms with Gasteiger partial charge in [-0.3, -0.25) is 0 Å². The molecule has 0 radical (unpaired) electrons. The fourth-order valence-electron chi connectivity index (χ4n) is 1.57. The molecule has 2 heterocycles. The van der Waals surface area contributed by atoms with E-state index in [2.05, 4.69) is 15.4 Å². The normalized spacial score (nSPS) is 10.5. The van der Waals surface area contributed by atoms with Gasteiger partial charge in [0.05, 0.1) is 12.0 Å². The van der Waals surface area contributed by atoms with Gasteiger partial charge in [-0.25, -0.2) is 20.6 Å². The van der Waals surface area contributed by atoms with Crippen LogP contribution in [0.1, 0.15) is 22.2 Å². The van der Waals surface area contributed by atoms with Crippen molar-refractivity contribution in [2.24, 2.45) is 5.84 Å². The third kappa shape index (κ3) is 1.94. The maximum atomic E-state index is 11.7. The summed E-state index contributed by atoms with van der Waals surface area (Å²) in [5.74, 6) is 5.55. The molecule has 0 fully saturated rings. The molecule has 90 valence electrons. The topological polar surface area (TPSA) is 90.1 Å². The Labute approximate surface area is 102 Å². The van der Waals surface area contributed by atoms with Crippen molar-refractivity contribution in [2.75, 3.05) is 12.0 Å². The maximum Gasteiger partial charge on any atom is 0.348 e. The van der Waals surface area contributed by atoms with E-state index in [0.29, 0.717) is 22.1 Å². The number of thiophene rings is 1. The highest BCUT2D eigenvalue weighted by Gasteiger charge is 2.19. The zero-order valence-electron chi connectivity index (χ0n) is 9.48. The molecule has 0 amide bonds. The summed E-state index contributed by atoms with van der Waals surface area (Å²) in [7, 11) is 0. The molecule has 0 spiro atoms. The number of esters is 1. The average Bonchev–Trinajstić information content (AvgIpc) is 2.67. The molecule has 0 aliphatic carbocycles. The second-order valence-electron chi connectivity index (χ2n) is 3.32. The summed E-state index contributed by atoms with van der Waals surface area (Å²) < 4.78 is 4.98. The summed E-state index contributed by atoms with van der Waals surface area (Å²) in [6.07, 6.45) is 1.41. The smallest absolute Gasteiger partial charge is 0.348 e. The van der Waals surface area contributed by atoms with Gasteiger partial charge in [0, 0.05) is 0 Å². The number of nitrogens with zero attached hydrogens (tertiary/aromatic N) is 2. The van der Waals surface area contributed by atoms with E-state index in [1.165, 1.54) is 17.7 Å². The molecule has 0 bridgehead atoms. The van der Waals surface area contributed by atoms with E-state index in [4.69, 9.17) is 10.6 Å². The summed E-state index contributed by atoms with van der Waals surface area (Å²) in [6.45, 7) is 3.95. The van der Waals surface area contributed by atoms with E-state index in [-0.39, 0.29) is 5.97 Å². The highest BCUT2D eigenvalue weighted by Crippen LogP contribution is 2.33. The molecule has 0 aromatic carbocycles. The number of hydrazine groups is 1. The van der Waals surface area contributed by atoms with Crippen molar-refractivity contribution in [3.05, 3.63) is 16.8 Å². The van der Waals surface area contributed by atoms with Crippen LogP contribution in [0.2, 0.25) is 0 Å². The van der Waals surface area contributed by atoms with Crippen molar-refractivity contribution < 1.29 is 9.53 Å². The first kappa shape index (κ1) is 11.7. The predicted octanol–water partition coefficient (Wildman–Crippen LogP) is 1.46. The minimum atomic E-state index is -0.337. The molecule has 6 nitrogen and oxygen atoms in total. The van der Waals surface area contributed by atoms with Crippen LogP contribution >= 0.6 is 11.3 Å². The molecule has 0 atom stereocenters. The molecule has 3 N–H and O–H groups in total. The molecule has 2 aromatic rings. The number of aromatic nitrogens is 2. The Bertz CT molecular complexity index is 567. The highest BCUT2D eigenvalue weighted by molar-refractivity contribution is 7.20. The van der Waals surface area contributed by atoms with E-state index in [9.17, 15) is 4.79 Å². The lowest BCUT2D eigenvalue weighted by Gasteiger charge is -2.01. The van der Waals surface area contributed by atoms with Crippen LogP contribution in [0.4, 0.5) is 5.82 Å². The molecule has 0 aliphatic rings. The van der Waals surface area contributed by atoms with Crippen LogP contribution in [-0.4, -0.2) is 22.5 Å². The van der Waals surface area contributed by atoms with Crippen molar-refractivity contribution in [3.8, 4) is 0 Å². The van der Waals surface area contributed by atoms with Crippen molar-refractivity contribution in [1.82, 2.24) is 9.97 Å². The maximum absolute atomic E-state index is 11.7. The first-order valence-electron chi connectivity index (χ1n) is 5.06. The van der Waals surface area contributed by atoms with Crippen LogP contribution in [-0.2, 0) is 4.74 Å². The first-order valence-corrected chi connectivity index (χ1v) is 5.88. The van der Waals surface area contributed by atoms with Gasteiger partial charge in [0.1, 0.15) is 16.0 Å². The third-order valence-corrected chi connectivity index (χ3v) is 3.50. The lowest BCUT2D eigenvalue weighted by atomic mass is 10.2. The number of nitrogens with one attached hydrogen (secondary N) is 1. The van der Waals surface area contributed by atoms with Crippen LogP contribution < -0.4 is 11.3 Å². The number of anilines is 1. The van der Waals surface area contributed by atoms with Crippen molar-refractivity contribution in [1.29, 1.82) is 0 Å². The molecule has 2 aromatic heterocycles. The van der Waals surface area contributed by atoms with Gasteiger partial charge in [-0.05, 0) is 19.4 Å². The zero-order valence-corrected chi connectivity index (χ0v) is 10.3. The molecule has 0 unspecified atom stereocenters. The fourth-order valence-corrected chi connectivity index (χ4v) is 2.61. The van der Waals surface area contributed by atoms with E-state index in [1.807, 2.05) is 6.92 Å². The van der Waals surface area contributed by atoms with E-state index >= 15 is 0 Å². The van der Waals surface area contributed by atoms with E-state index < -0.39 is 0 Å². The van der Waals surface area contributed by atoms with Gasteiger partial charge in [0.2, 0.25) is 0 Å². The minimum Gasteiger partial charge on any atom is -0.462 e. The Kier molecular flexibility index (Phi) is 3.21. The Balaban J connectivity index is 2.61. The Morgan fingerprint density at radius 2 is 2.35 bits per heavy atom. The van der Waals surface area contributed by atoms with Crippen LogP contribution in [0.25, 0.3) is 10.2 Å². The fraction of sp³-hybridized carbons (Fsp3) is 0.300. The molecule has 0 saturated heterocycles. The van der Waals surface area contributed by atoms with Crippen LogP contribution in [0.15, 0.2) is 6.33 Å². The predicted molar refractivity (Wildman–Crippen MR) is 65.9 cm³/mol. The van der Waals surface area contributed by atoms with Gasteiger partial charge in [0.25, 0.3) is 0 Å². The number of ether oxygens (including phenoxy) is 1. The molecule has 0 aliphatic heterocycles. The number of nitrogen functional groups attached to an aromatic ring is 1. The first-order chi connectivity index (χ1) is 8.19. The largest absolute Gasteiger partial charge is 0.462 e. The second-order valence-corrected chi connectivity index (χ2v) is 4.32. The number of hydrogen-bond acceptors (Lipinski definition) is 7. The summed E-state index contributed by atoms with van der Waals surface area (Å²) in [4.78, 5) is 21.1. The molecular formula is C10H12N4O2S. The number of fused-ring (bicyclic) bond motifs is 1. The van der Waals surface area contributed by atoms with Crippen molar-refractivity contribution in [2.45, 2.75) is 13.8 Å². The summed E-state index contributed by atoms with van der Waals surface area (Å²) in [6, 6.07) is 0. The van der Waals surface area contributed by atoms with Crippen molar-refractivity contribution in [3.63, 3.8) is 0 Å². The standard InChI is InChI=1S/C10H12N4O2S/c1-3-16-10(15)7-5(2)6-8(14-11)12-4-13-9(6)17-7/h4H,3,11H2,1-2H3,(H,12,13,14). The summed E-state index contributed by atoms with van der Waals surface area (Å²) in [5, 5.41) is 0.767. The zero-order chi connectivity index (χ0) is 12.4. The molecule has 17 heavy (non-hydrogen) atoms. The average molecular weight is 252 g/mol. The quantitative estimate of drug-likeness (QED) is 0.488. The molecule has 2 rings (SSSR count). The number of rotatable bonds is 3. The summed E-state index contributed by atoms with van der Waals surface area (Å²) in [5.41, 5.74) is 3.29. The van der Waals surface area contributed by atoms with Gasteiger partial charge in [-0.1, -0.05) is 0 Å². The van der Waals surface area contributed by atoms with Gasteiger partial charge < -0.3 is 10.2 Å². The van der Waals surface area contributed by atoms with Crippen LogP contribution in [0.3, 0.4) is 0 Å². The third-order valence-electron chi connectivity index (χ3n) is 2.32. The number of carbonyl (C=O) groups excluding carboxylic acids is 1. The van der Waals surface area contributed by atoms with Gasteiger partial charge in [-0.15, -0.1) is 11.3 Å². The number of carbonyl (C=O) groups is 1. The van der Waals surface area contributed by atoms with Gasteiger partial charge in [-0.2, -0.15) is 0 Å². The lowest BCUT2D eigenvalue weighted by molar-refractivity contribution is 0.0531. The van der Waals surface area contributed by atoms with Crippen molar-refractivity contribution >= 4 is 33.3 Å². The molecule has 7 heteroatoms.